The molecule has 1 aromatic carbocycles. The van der Waals surface area contributed by atoms with Crippen LogP contribution in [0.2, 0.25) is 6.32 Å². The molecule has 0 fully saturated rings. The summed E-state index contributed by atoms with van der Waals surface area (Å²) in [6.07, 6.45) is 5.13. The molecule has 3 aromatic heterocycles. The number of anilines is 2. The van der Waals surface area contributed by atoms with E-state index in [1.54, 1.807) is 22.4 Å². The number of nitrogens with one attached hydrogen (secondary N) is 3. The molecule has 0 saturated carbocycles. The van der Waals surface area contributed by atoms with E-state index in [2.05, 4.69) is 43.8 Å². The van der Waals surface area contributed by atoms with Crippen molar-refractivity contribution in [2.75, 3.05) is 25.0 Å². The molecule has 7 nitrogen and oxygen atoms in total. The van der Waals surface area contributed by atoms with Gasteiger partial charge in [0.1, 0.15) is 5.65 Å². The Balaban J connectivity index is 1.37. The average Bonchev–Trinajstić information content (AvgIpc) is 3.45. The normalized spacial score (nSPS) is 14.1. The largest absolute Gasteiger partial charge is 0.355 e. The number of fused-ring (bicyclic) bond motifs is 2. The minimum atomic E-state index is -0.0662. The minimum Gasteiger partial charge on any atom is -0.355 e. The highest BCUT2D eigenvalue weighted by Gasteiger charge is 2.19. The van der Waals surface area contributed by atoms with Gasteiger partial charge >= 0.3 is 6.03 Å². The molecule has 0 aliphatic carbocycles. The van der Waals surface area contributed by atoms with E-state index >= 15 is 0 Å². The lowest BCUT2D eigenvalue weighted by Gasteiger charge is -2.26. The van der Waals surface area contributed by atoms with Crippen molar-refractivity contribution in [3.8, 4) is 0 Å². The summed E-state index contributed by atoms with van der Waals surface area (Å²) in [7, 11) is 5.46. The first-order valence-electron chi connectivity index (χ1n) is 10.2. The lowest BCUT2D eigenvalue weighted by Crippen LogP contribution is -2.42. The van der Waals surface area contributed by atoms with Gasteiger partial charge in [-0.05, 0) is 42.3 Å². The Kier molecular flexibility index (Phi) is 5.34. The molecule has 1 aliphatic heterocycles. The molecular formula is C22H21BN6OS. The van der Waals surface area contributed by atoms with Crippen LogP contribution < -0.4 is 10.6 Å². The maximum Gasteiger partial charge on any atom is 0.317 e. The number of hydrogen-bond donors (Lipinski definition) is 3. The number of amides is 2. The van der Waals surface area contributed by atoms with E-state index in [9.17, 15) is 4.79 Å². The Labute approximate surface area is 185 Å². The second-order valence-electron chi connectivity index (χ2n) is 7.41. The van der Waals surface area contributed by atoms with Crippen LogP contribution in [-0.4, -0.2) is 53.4 Å². The zero-order valence-corrected chi connectivity index (χ0v) is 17.7. The minimum absolute atomic E-state index is 0.0662. The number of rotatable bonds is 5. The SMILES string of the molecule is [B]CCNC(=O)N1CC=C(c2cc3c(Nc4ccc5ncsc5c4)ccnc3[nH]2)CC1. The molecule has 0 spiro atoms. The van der Waals surface area contributed by atoms with Crippen molar-refractivity contribution in [2.24, 2.45) is 0 Å². The van der Waals surface area contributed by atoms with Gasteiger partial charge in [0, 0.05) is 42.6 Å². The summed E-state index contributed by atoms with van der Waals surface area (Å²) in [6, 6.07) is 10.2. The monoisotopic (exact) mass is 428 g/mol. The third kappa shape index (κ3) is 4.01. The van der Waals surface area contributed by atoms with E-state index in [1.165, 1.54) is 5.57 Å². The van der Waals surface area contributed by atoms with Crippen molar-refractivity contribution < 1.29 is 4.79 Å². The fourth-order valence-corrected chi connectivity index (χ4v) is 4.50. The standard InChI is InChI=1S/C22H21BN6OS/c23-6-8-25-22(30)29-9-4-14(5-10-29)19-12-16-17(3-7-24-21(16)28-19)27-15-1-2-18-20(11-15)31-13-26-18/h1-4,7,11-13H,5-6,8-10H2,(H,25,30)(H2,24,27,28). The quantitative estimate of drug-likeness (QED) is 0.414. The summed E-state index contributed by atoms with van der Waals surface area (Å²) in [6.45, 7) is 1.74. The van der Waals surface area contributed by atoms with E-state index in [1.807, 2.05) is 23.7 Å². The van der Waals surface area contributed by atoms with Gasteiger partial charge in [-0.15, -0.1) is 11.3 Å². The molecule has 154 valence electrons. The maximum absolute atomic E-state index is 12.1. The van der Waals surface area contributed by atoms with E-state index in [4.69, 9.17) is 7.85 Å². The van der Waals surface area contributed by atoms with Crippen LogP contribution in [0.15, 0.2) is 48.1 Å². The highest BCUT2D eigenvalue weighted by Crippen LogP contribution is 2.31. The molecule has 4 heterocycles. The molecule has 2 radical (unpaired) electrons. The van der Waals surface area contributed by atoms with Gasteiger partial charge in [0.15, 0.2) is 0 Å². The summed E-state index contributed by atoms with van der Waals surface area (Å²) in [4.78, 5) is 26.2. The Morgan fingerprint density at radius 2 is 2.19 bits per heavy atom. The number of aromatic nitrogens is 3. The van der Waals surface area contributed by atoms with Crippen molar-refractivity contribution in [3.05, 3.63) is 53.8 Å². The van der Waals surface area contributed by atoms with Crippen molar-refractivity contribution >= 4 is 63.4 Å². The van der Waals surface area contributed by atoms with Crippen LogP contribution in [0.25, 0.3) is 26.8 Å². The zero-order chi connectivity index (χ0) is 21.2. The van der Waals surface area contributed by atoms with Crippen molar-refractivity contribution in [3.63, 3.8) is 0 Å². The summed E-state index contributed by atoms with van der Waals surface area (Å²) >= 11 is 1.63. The van der Waals surface area contributed by atoms with E-state index < -0.39 is 0 Å². The molecule has 4 aromatic rings. The van der Waals surface area contributed by atoms with Crippen LogP contribution in [0.4, 0.5) is 16.2 Å². The first-order chi connectivity index (χ1) is 15.2. The summed E-state index contributed by atoms with van der Waals surface area (Å²) in [5.74, 6) is 0. The highest BCUT2D eigenvalue weighted by atomic mass is 32.1. The Morgan fingerprint density at radius 3 is 3.03 bits per heavy atom. The fraction of sp³-hybridized carbons (Fsp3) is 0.227. The van der Waals surface area contributed by atoms with Gasteiger partial charge in [-0.1, -0.05) is 12.4 Å². The lowest BCUT2D eigenvalue weighted by molar-refractivity contribution is 0.203. The van der Waals surface area contributed by atoms with Gasteiger partial charge in [0.05, 0.1) is 29.3 Å². The number of H-pyrrole nitrogens is 1. The molecule has 3 N–H and O–H groups in total. The number of aromatic amines is 1. The second-order valence-corrected chi connectivity index (χ2v) is 8.30. The molecule has 0 atom stereocenters. The number of nitrogens with zero attached hydrogens (tertiary/aromatic N) is 3. The van der Waals surface area contributed by atoms with Crippen LogP contribution in [0.3, 0.4) is 0 Å². The Hall–Kier alpha value is -3.33. The van der Waals surface area contributed by atoms with Crippen molar-refractivity contribution in [2.45, 2.75) is 12.7 Å². The molecular weight excluding hydrogens is 407 g/mol. The van der Waals surface area contributed by atoms with Crippen LogP contribution in [0.1, 0.15) is 12.1 Å². The second kappa shape index (κ2) is 8.43. The van der Waals surface area contributed by atoms with Crippen molar-refractivity contribution in [1.82, 2.24) is 25.2 Å². The predicted octanol–water partition coefficient (Wildman–Crippen LogP) is 4.30. The molecule has 1 aliphatic rings. The number of hydrogen-bond acceptors (Lipinski definition) is 5. The molecule has 31 heavy (non-hydrogen) atoms. The smallest absolute Gasteiger partial charge is 0.317 e. The molecule has 0 unspecified atom stereocenters. The number of carbonyl (C=O) groups is 1. The number of thiazole rings is 1. The number of urea groups is 1. The first-order valence-corrected chi connectivity index (χ1v) is 11.1. The maximum atomic E-state index is 12.1. The van der Waals surface area contributed by atoms with Gasteiger partial charge in [0.2, 0.25) is 0 Å². The first kappa shape index (κ1) is 19.6. The topological polar surface area (TPSA) is 85.9 Å². The lowest BCUT2D eigenvalue weighted by atomic mass is 10.0. The fourth-order valence-electron chi connectivity index (χ4n) is 3.79. The van der Waals surface area contributed by atoms with Gasteiger partial charge in [-0.3, -0.25) is 0 Å². The van der Waals surface area contributed by atoms with Crippen LogP contribution in [0.5, 0.6) is 0 Å². The van der Waals surface area contributed by atoms with Crippen molar-refractivity contribution in [1.29, 1.82) is 0 Å². The number of benzene rings is 1. The Morgan fingerprint density at radius 1 is 1.26 bits per heavy atom. The van der Waals surface area contributed by atoms with Gasteiger partial charge in [-0.25, -0.2) is 14.8 Å². The third-order valence-electron chi connectivity index (χ3n) is 5.41. The van der Waals surface area contributed by atoms with E-state index in [0.717, 1.165) is 44.7 Å². The average molecular weight is 428 g/mol. The van der Waals surface area contributed by atoms with Gasteiger partial charge < -0.3 is 20.5 Å². The predicted molar refractivity (Wildman–Crippen MR) is 127 cm³/mol. The molecule has 9 heteroatoms. The number of carbonyl (C=O) groups excluding carboxylic acids is 1. The number of pyridine rings is 1. The third-order valence-corrected chi connectivity index (χ3v) is 6.20. The van der Waals surface area contributed by atoms with Crippen LogP contribution >= 0.6 is 11.3 Å². The molecule has 0 bridgehead atoms. The van der Waals surface area contributed by atoms with E-state index in [-0.39, 0.29) is 6.03 Å². The Bertz CT molecular complexity index is 1280. The van der Waals surface area contributed by atoms with Gasteiger partial charge in [-0.2, -0.15) is 0 Å². The molecule has 5 rings (SSSR count). The summed E-state index contributed by atoms with van der Waals surface area (Å²) < 4.78 is 1.15. The van der Waals surface area contributed by atoms with Gasteiger partial charge in [0.25, 0.3) is 0 Å². The molecule has 2 amide bonds. The van der Waals surface area contributed by atoms with E-state index in [0.29, 0.717) is 26.0 Å². The zero-order valence-electron chi connectivity index (χ0n) is 16.9. The summed E-state index contributed by atoms with van der Waals surface area (Å²) in [5, 5.41) is 7.37. The van der Waals surface area contributed by atoms with Crippen LogP contribution in [0, 0.1) is 0 Å². The molecule has 0 saturated heterocycles. The summed E-state index contributed by atoms with van der Waals surface area (Å²) in [5.41, 5.74) is 7.95. The van der Waals surface area contributed by atoms with Crippen LogP contribution in [-0.2, 0) is 0 Å². The highest BCUT2D eigenvalue weighted by molar-refractivity contribution is 7.16.